The Kier molecular flexibility index (Phi) is 3.51. The molecule has 1 rings (SSSR count). The fourth-order valence-corrected chi connectivity index (χ4v) is 1.82. The number of rotatable bonds is 4. The van der Waals surface area contributed by atoms with Gasteiger partial charge < -0.3 is 4.79 Å². The van der Waals surface area contributed by atoms with E-state index in [1.807, 2.05) is 6.92 Å². The van der Waals surface area contributed by atoms with Crippen LogP contribution in [-0.4, -0.2) is 6.29 Å². The Hall–Kier alpha value is -0.590. The first kappa shape index (κ1) is 9.50. The molecular weight excluding hydrogens is 148 g/mol. The van der Waals surface area contributed by atoms with Crippen molar-refractivity contribution in [3.63, 3.8) is 0 Å². The van der Waals surface area contributed by atoms with E-state index in [0.717, 1.165) is 18.6 Å². The molecule has 0 saturated heterocycles. The first-order valence-corrected chi connectivity index (χ1v) is 4.91. The lowest BCUT2D eigenvalue weighted by Crippen LogP contribution is -1.96. The lowest BCUT2D eigenvalue weighted by atomic mass is 10.0. The van der Waals surface area contributed by atoms with Crippen molar-refractivity contribution in [2.24, 2.45) is 11.8 Å². The van der Waals surface area contributed by atoms with E-state index < -0.39 is 0 Å². The van der Waals surface area contributed by atoms with Gasteiger partial charge in [-0.2, -0.15) is 0 Å². The van der Waals surface area contributed by atoms with Crippen molar-refractivity contribution in [1.29, 1.82) is 0 Å². The van der Waals surface area contributed by atoms with Crippen molar-refractivity contribution >= 4 is 6.29 Å². The van der Waals surface area contributed by atoms with Crippen LogP contribution in [0.2, 0.25) is 0 Å². The van der Waals surface area contributed by atoms with Gasteiger partial charge in [0, 0.05) is 5.92 Å². The maximum absolute atomic E-state index is 10.4. The van der Waals surface area contributed by atoms with Crippen molar-refractivity contribution in [2.45, 2.75) is 39.5 Å². The maximum Gasteiger partial charge on any atom is 0.123 e. The molecule has 1 aliphatic rings. The summed E-state index contributed by atoms with van der Waals surface area (Å²) in [4.78, 5) is 10.4. The van der Waals surface area contributed by atoms with E-state index in [9.17, 15) is 4.79 Å². The Morgan fingerprint density at radius 3 is 3.00 bits per heavy atom. The number of carbonyl (C=O) groups is 1. The monoisotopic (exact) mass is 166 g/mol. The third-order valence-electron chi connectivity index (χ3n) is 2.65. The summed E-state index contributed by atoms with van der Waals surface area (Å²) in [5.74, 6) is 1.01. The first-order chi connectivity index (χ1) is 5.76. The number of carbonyl (C=O) groups excluding carboxylic acids is 1. The van der Waals surface area contributed by atoms with Crippen LogP contribution in [0.4, 0.5) is 0 Å². The van der Waals surface area contributed by atoms with E-state index in [-0.39, 0.29) is 5.92 Å². The average molecular weight is 166 g/mol. The predicted molar refractivity (Wildman–Crippen MR) is 50.9 cm³/mol. The van der Waals surface area contributed by atoms with Crippen molar-refractivity contribution in [3.8, 4) is 0 Å². The summed E-state index contributed by atoms with van der Waals surface area (Å²) in [6.07, 6.45) is 8.19. The van der Waals surface area contributed by atoms with Gasteiger partial charge in [-0.05, 0) is 31.6 Å². The lowest BCUT2D eigenvalue weighted by molar-refractivity contribution is -0.110. The first-order valence-electron chi connectivity index (χ1n) is 4.91. The van der Waals surface area contributed by atoms with E-state index in [1.54, 1.807) is 0 Å². The molecule has 12 heavy (non-hydrogen) atoms. The smallest absolute Gasteiger partial charge is 0.123 e. The second-order valence-corrected chi connectivity index (χ2v) is 3.85. The zero-order chi connectivity index (χ0) is 8.97. The summed E-state index contributed by atoms with van der Waals surface area (Å²) in [5.41, 5.74) is 1.50. The van der Waals surface area contributed by atoms with Crippen LogP contribution >= 0.6 is 0 Å². The van der Waals surface area contributed by atoms with Gasteiger partial charge in [0.25, 0.3) is 0 Å². The molecule has 1 heteroatoms. The molecule has 1 aliphatic carbocycles. The van der Waals surface area contributed by atoms with Gasteiger partial charge >= 0.3 is 0 Å². The van der Waals surface area contributed by atoms with Crippen LogP contribution in [0.1, 0.15) is 39.5 Å². The van der Waals surface area contributed by atoms with E-state index in [4.69, 9.17) is 0 Å². The predicted octanol–water partition coefficient (Wildman–Crippen LogP) is 2.96. The highest BCUT2D eigenvalue weighted by Gasteiger charge is 2.15. The molecule has 0 saturated carbocycles. The summed E-state index contributed by atoms with van der Waals surface area (Å²) in [5, 5.41) is 0. The fraction of sp³-hybridized carbons (Fsp3) is 0.727. The minimum Gasteiger partial charge on any atom is -0.303 e. The highest BCUT2D eigenvalue weighted by Crippen LogP contribution is 2.29. The standard InChI is InChI=1S/C11H18O/c1-3-10-4-5-11(7-10)6-9(2)8-12/h7-10H,3-6H2,1-2H3/t9?,10-/m0/s1. The molecule has 0 bridgehead atoms. The third kappa shape index (κ3) is 2.47. The van der Waals surface area contributed by atoms with Crippen LogP contribution < -0.4 is 0 Å². The Morgan fingerprint density at radius 1 is 1.75 bits per heavy atom. The summed E-state index contributed by atoms with van der Waals surface area (Å²) < 4.78 is 0. The van der Waals surface area contributed by atoms with Crippen LogP contribution in [0.25, 0.3) is 0 Å². The summed E-state index contributed by atoms with van der Waals surface area (Å²) in [6, 6.07) is 0. The molecule has 0 spiro atoms. The van der Waals surface area contributed by atoms with Gasteiger partial charge in [-0.3, -0.25) is 0 Å². The normalized spacial score (nSPS) is 25.2. The van der Waals surface area contributed by atoms with Gasteiger partial charge in [-0.15, -0.1) is 0 Å². The van der Waals surface area contributed by atoms with Crippen molar-refractivity contribution in [2.75, 3.05) is 0 Å². The van der Waals surface area contributed by atoms with Gasteiger partial charge in [0.1, 0.15) is 6.29 Å². The molecular formula is C11H18O. The number of allylic oxidation sites excluding steroid dienone is 2. The third-order valence-corrected chi connectivity index (χ3v) is 2.65. The highest BCUT2D eigenvalue weighted by molar-refractivity contribution is 5.53. The molecule has 0 aromatic heterocycles. The molecule has 1 nitrogen and oxygen atoms in total. The quantitative estimate of drug-likeness (QED) is 0.463. The molecule has 0 amide bonds. The topological polar surface area (TPSA) is 17.1 Å². The van der Waals surface area contributed by atoms with Crippen LogP contribution in [-0.2, 0) is 4.79 Å². The molecule has 2 atom stereocenters. The lowest BCUT2D eigenvalue weighted by Gasteiger charge is -2.02. The summed E-state index contributed by atoms with van der Waals surface area (Å²) >= 11 is 0. The summed E-state index contributed by atoms with van der Waals surface area (Å²) in [7, 11) is 0. The minimum atomic E-state index is 0.215. The molecule has 0 aromatic carbocycles. The SMILES string of the molecule is CC[C@@H]1C=C(CC(C)C=O)CC1. The molecule has 0 aliphatic heterocycles. The molecule has 0 radical (unpaired) electrons. The summed E-state index contributed by atoms with van der Waals surface area (Å²) in [6.45, 7) is 4.22. The van der Waals surface area contributed by atoms with Gasteiger partial charge in [0.05, 0.1) is 0 Å². The zero-order valence-electron chi connectivity index (χ0n) is 8.05. The van der Waals surface area contributed by atoms with Gasteiger partial charge in [-0.1, -0.05) is 25.5 Å². The molecule has 0 heterocycles. The van der Waals surface area contributed by atoms with Crippen LogP contribution in [0.5, 0.6) is 0 Å². The van der Waals surface area contributed by atoms with E-state index in [2.05, 4.69) is 13.0 Å². The highest BCUT2D eigenvalue weighted by atomic mass is 16.1. The van der Waals surface area contributed by atoms with Crippen LogP contribution in [0.3, 0.4) is 0 Å². The maximum atomic E-state index is 10.4. The average Bonchev–Trinajstić information content (AvgIpc) is 2.52. The number of hydrogen-bond donors (Lipinski definition) is 0. The Balaban J connectivity index is 2.38. The van der Waals surface area contributed by atoms with E-state index in [1.165, 1.54) is 24.8 Å². The second-order valence-electron chi connectivity index (χ2n) is 3.85. The van der Waals surface area contributed by atoms with Gasteiger partial charge in [0.15, 0.2) is 0 Å². The Bertz CT molecular complexity index is 181. The molecule has 68 valence electrons. The fourth-order valence-electron chi connectivity index (χ4n) is 1.82. The largest absolute Gasteiger partial charge is 0.303 e. The van der Waals surface area contributed by atoms with Crippen molar-refractivity contribution in [1.82, 2.24) is 0 Å². The molecule has 1 unspecified atom stereocenters. The number of hydrogen-bond acceptors (Lipinski definition) is 1. The Morgan fingerprint density at radius 2 is 2.50 bits per heavy atom. The minimum absolute atomic E-state index is 0.215. The van der Waals surface area contributed by atoms with Crippen LogP contribution in [0, 0.1) is 11.8 Å². The Labute approximate surface area is 74.9 Å². The van der Waals surface area contributed by atoms with Gasteiger partial charge in [0.2, 0.25) is 0 Å². The second kappa shape index (κ2) is 4.44. The molecule has 0 N–H and O–H groups in total. The van der Waals surface area contributed by atoms with E-state index >= 15 is 0 Å². The van der Waals surface area contributed by atoms with Gasteiger partial charge in [-0.25, -0.2) is 0 Å². The molecule has 0 aromatic rings. The zero-order valence-corrected chi connectivity index (χ0v) is 8.05. The number of aldehydes is 1. The van der Waals surface area contributed by atoms with Crippen LogP contribution in [0.15, 0.2) is 11.6 Å². The van der Waals surface area contributed by atoms with Crippen molar-refractivity contribution in [3.05, 3.63) is 11.6 Å². The van der Waals surface area contributed by atoms with E-state index in [0.29, 0.717) is 0 Å². The van der Waals surface area contributed by atoms with Crippen molar-refractivity contribution < 1.29 is 4.79 Å². The molecule has 0 fully saturated rings.